The van der Waals surface area contributed by atoms with Gasteiger partial charge in [0.1, 0.15) is 17.3 Å². The van der Waals surface area contributed by atoms with Crippen LogP contribution in [0.15, 0.2) is 53.7 Å². The van der Waals surface area contributed by atoms with E-state index in [0.717, 1.165) is 11.3 Å². The third-order valence-electron chi connectivity index (χ3n) is 2.89. The van der Waals surface area contributed by atoms with E-state index >= 15 is 0 Å². The van der Waals surface area contributed by atoms with Crippen molar-refractivity contribution in [3.05, 3.63) is 54.4 Å². The summed E-state index contributed by atoms with van der Waals surface area (Å²) in [6.07, 6.45) is 2.84. The zero-order valence-electron chi connectivity index (χ0n) is 12.2. The van der Waals surface area contributed by atoms with Crippen LogP contribution in [0.25, 0.3) is 0 Å². The fourth-order valence-corrected chi connectivity index (χ4v) is 2.69. The smallest absolute Gasteiger partial charge is 0.242 e. The Kier molecular flexibility index (Phi) is 5.88. The Balaban J connectivity index is 1.91. The molecule has 0 atom stereocenters. The molecule has 0 bridgehead atoms. The molecule has 0 saturated heterocycles. The Labute approximate surface area is 130 Å². The minimum atomic E-state index is -3.55. The molecule has 0 fully saturated rings. The van der Waals surface area contributed by atoms with E-state index in [1.54, 1.807) is 25.3 Å². The highest BCUT2D eigenvalue weighted by Gasteiger charge is 2.13. The van der Waals surface area contributed by atoms with Gasteiger partial charge in [0.25, 0.3) is 0 Å². The van der Waals surface area contributed by atoms with Gasteiger partial charge in [-0.25, -0.2) is 13.1 Å². The summed E-state index contributed by atoms with van der Waals surface area (Å²) in [6, 6.07) is 10.3. The molecule has 118 valence electrons. The molecule has 0 amide bonds. The average Bonchev–Trinajstić information content (AvgIpc) is 2.55. The Morgan fingerprint density at radius 1 is 1.14 bits per heavy atom. The second-order valence-corrected chi connectivity index (χ2v) is 6.27. The number of nitrogens with zero attached hydrogens (tertiary/aromatic N) is 1. The third-order valence-corrected chi connectivity index (χ3v) is 4.28. The van der Waals surface area contributed by atoms with Gasteiger partial charge in [-0.05, 0) is 29.8 Å². The lowest BCUT2D eigenvalue weighted by atomic mass is 10.2. The van der Waals surface area contributed by atoms with Crippen LogP contribution in [0, 0.1) is 0 Å². The number of aromatic nitrogens is 1. The first-order valence-electron chi connectivity index (χ1n) is 6.72. The molecule has 0 unspecified atom stereocenters. The van der Waals surface area contributed by atoms with Gasteiger partial charge in [0, 0.05) is 26.0 Å². The Hall–Kier alpha value is -1.96. The van der Waals surface area contributed by atoms with Gasteiger partial charge >= 0.3 is 0 Å². The predicted molar refractivity (Wildman–Crippen MR) is 82.1 cm³/mol. The highest BCUT2D eigenvalue weighted by atomic mass is 32.2. The van der Waals surface area contributed by atoms with Crippen molar-refractivity contribution in [3.8, 4) is 5.75 Å². The van der Waals surface area contributed by atoms with Gasteiger partial charge in [0.15, 0.2) is 0 Å². The van der Waals surface area contributed by atoms with Crippen molar-refractivity contribution in [3.63, 3.8) is 0 Å². The highest BCUT2D eigenvalue weighted by molar-refractivity contribution is 7.89. The lowest BCUT2D eigenvalue weighted by Crippen LogP contribution is -2.23. The molecular weight excluding hydrogens is 304 g/mol. The van der Waals surface area contributed by atoms with E-state index in [4.69, 9.17) is 9.47 Å². The number of hydrogen-bond donors (Lipinski definition) is 1. The summed E-state index contributed by atoms with van der Waals surface area (Å²) in [4.78, 5) is 3.95. The van der Waals surface area contributed by atoms with Crippen LogP contribution in [-0.4, -0.2) is 33.7 Å². The maximum Gasteiger partial charge on any atom is 0.242 e. The summed E-state index contributed by atoms with van der Waals surface area (Å²) < 4.78 is 37.0. The average molecular weight is 322 g/mol. The molecule has 0 saturated carbocycles. The van der Waals surface area contributed by atoms with Gasteiger partial charge in [-0.15, -0.1) is 0 Å². The monoisotopic (exact) mass is 322 g/mol. The fourth-order valence-electron chi connectivity index (χ4n) is 1.71. The third kappa shape index (κ3) is 4.80. The van der Waals surface area contributed by atoms with Crippen LogP contribution in [0.4, 0.5) is 0 Å². The van der Waals surface area contributed by atoms with E-state index in [9.17, 15) is 8.42 Å². The van der Waals surface area contributed by atoms with Crippen LogP contribution in [0.1, 0.15) is 5.56 Å². The minimum Gasteiger partial charge on any atom is -0.491 e. The first-order chi connectivity index (χ1) is 10.6. The molecule has 1 heterocycles. The number of pyridine rings is 1. The van der Waals surface area contributed by atoms with Gasteiger partial charge in [-0.1, -0.05) is 12.1 Å². The van der Waals surface area contributed by atoms with Crippen molar-refractivity contribution < 1.29 is 17.9 Å². The Bertz CT molecular complexity index is 672. The molecule has 0 spiro atoms. The maximum absolute atomic E-state index is 12.1. The van der Waals surface area contributed by atoms with Crippen LogP contribution < -0.4 is 9.46 Å². The van der Waals surface area contributed by atoms with Gasteiger partial charge in [0.05, 0.1) is 6.61 Å². The molecule has 7 heteroatoms. The van der Waals surface area contributed by atoms with Gasteiger partial charge in [-0.3, -0.25) is 4.98 Å². The van der Waals surface area contributed by atoms with Gasteiger partial charge in [-0.2, -0.15) is 0 Å². The maximum atomic E-state index is 12.1. The van der Waals surface area contributed by atoms with Crippen LogP contribution >= 0.6 is 0 Å². The van der Waals surface area contributed by atoms with Crippen molar-refractivity contribution in [2.45, 2.75) is 11.4 Å². The molecule has 2 rings (SSSR count). The number of rotatable bonds is 8. The van der Waals surface area contributed by atoms with Gasteiger partial charge in [0.2, 0.25) is 10.0 Å². The summed E-state index contributed by atoms with van der Waals surface area (Å²) in [7, 11) is -1.93. The van der Waals surface area contributed by atoms with Crippen molar-refractivity contribution in [2.24, 2.45) is 0 Å². The van der Waals surface area contributed by atoms with Crippen molar-refractivity contribution >= 4 is 10.0 Å². The molecule has 2 aromatic rings. The van der Waals surface area contributed by atoms with Crippen molar-refractivity contribution in [2.75, 3.05) is 20.3 Å². The zero-order valence-corrected chi connectivity index (χ0v) is 13.0. The molecule has 0 radical (unpaired) electrons. The van der Waals surface area contributed by atoms with E-state index in [-0.39, 0.29) is 11.4 Å². The minimum absolute atomic E-state index is 0.148. The molecule has 1 N–H and O–H groups in total. The summed E-state index contributed by atoms with van der Waals surface area (Å²) in [5.41, 5.74) is 0.839. The zero-order chi connectivity index (χ0) is 15.8. The number of sulfonamides is 1. The van der Waals surface area contributed by atoms with Crippen LogP contribution in [0.5, 0.6) is 5.75 Å². The first kappa shape index (κ1) is 16.4. The van der Waals surface area contributed by atoms with Crippen LogP contribution in [0.3, 0.4) is 0 Å². The summed E-state index contributed by atoms with van der Waals surface area (Å²) in [5, 5.41) is 0. The van der Waals surface area contributed by atoms with E-state index in [0.29, 0.717) is 13.2 Å². The Morgan fingerprint density at radius 3 is 2.55 bits per heavy atom. The largest absolute Gasteiger partial charge is 0.491 e. The van der Waals surface area contributed by atoms with Crippen LogP contribution in [-0.2, 0) is 21.3 Å². The molecule has 22 heavy (non-hydrogen) atoms. The molecular formula is C15H18N2O4S. The number of methoxy groups -OCH3 is 1. The Morgan fingerprint density at radius 2 is 1.91 bits per heavy atom. The molecule has 6 nitrogen and oxygen atoms in total. The van der Waals surface area contributed by atoms with Crippen molar-refractivity contribution in [1.29, 1.82) is 0 Å². The van der Waals surface area contributed by atoms with E-state index in [1.165, 1.54) is 18.5 Å². The number of benzene rings is 1. The molecule has 0 aliphatic rings. The normalized spacial score (nSPS) is 11.3. The fraction of sp³-hybridized carbons (Fsp3) is 0.267. The number of hydrogen-bond acceptors (Lipinski definition) is 5. The second-order valence-electron chi connectivity index (χ2n) is 4.50. The highest BCUT2D eigenvalue weighted by Crippen LogP contribution is 2.13. The first-order valence-corrected chi connectivity index (χ1v) is 8.20. The topological polar surface area (TPSA) is 77.5 Å². The van der Waals surface area contributed by atoms with Gasteiger partial charge < -0.3 is 9.47 Å². The molecule has 0 aliphatic heterocycles. The SMILES string of the molecule is COCCOc1ccc(CNS(=O)(=O)c2cccnc2)cc1. The van der Waals surface area contributed by atoms with Crippen LogP contribution in [0.2, 0.25) is 0 Å². The lowest BCUT2D eigenvalue weighted by molar-refractivity contribution is 0.146. The van der Waals surface area contributed by atoms with E-state index in [2.05, 4.69) is 9.71 Å². The molecule has 1 aromatic carbocycles. The standard InChI is InChI=1S/C15H18N2O4S/c1-20-9-10-21-14-6-4-13(5-7-14)11-17-22(18,19)15-3-2-8-16-12-15/h2-8,12,17H,9-11H2,1H3. The molecule has 1 aromatic heterocycles. The number of nitrogens with one attached hydrogen (secondary N) is 1. The second kappa shape index (κ2) is 7.88. The molecule has 0 aliphatic carbocycles. The quantitative estimate of drug-likeness (QED) is 0.747. The predicted octanol–water partition coefficient (Wildman–Crippen LogP) is 1.59. The van der Waals surface area contributed by atoms with Crippen molar-refractivity contribution in [1.82, 2.24) is 9.71 Å². The number of ether oxygens (including phenoxy) is 2. The van der Waals surface area contributed by atoms with E-state index < -0.39 is 10.0 Å². The summed E-state index contributed by atoms with van der Waals surface area (Å²) in [5.74, 6) is 0.718. The van der Waals surface area contributed by atoms with E-state index in [1.807, 2.05) is 12.1 Å². The summed E-state index contributed by atoms with van der Waals surface area (Å²) >= 11 is 0. The summed E-state index contributed by atoms with van der Waals surface area (Å²) in [6.45, 7) is 1.20. The lowest BCUT2D eigenvalue weighted by Gasteiger charge is -2.08.